The van der Waals surface area contributed by atoms with Gasteiger partial charge in [-0.2, -0.15) is 0 Å². The third kappa shape index (κ3) is 6.11. The average molecular weight is 483 g/mol. The van der Waals surface area contributed by atoms with Gasteiger partial charge in [-0.25, -0.2) is 4.79 Å². The van der Waals surface area contributed by atoms with E-state index < -0.39 is 16.8 Å². The Balaban J connectivity index is 1.81. The first kappa shape index (κ1) is 24.3. The molecule has 2 N–H and O–H groups in total. The van der Waals surface area contributed by atoms with Crippen LogP contribution in [0.25, 0.3) is 6.08 Å². The number of benzene rings is 3. The zero-order valence-corrected chi connectivity index (χ0v) is 18.6. The Morgan fingerprint density at radius 2 is 1.79 bits per heavy atom. The zero-order valence-electron chi connectivity index (χ0n) is 17.9. The van der Waals surface area contributed by atoms with E-state index in [1.54, 1.807) is 42.5 Å². The molecule has 10 heteroatoms. The largest absolute Gasteiger partial charge is 0.493 e. The maximum Gasteiger partial charge on any atom is 0.352 e. The van der Waals surface area contributed by atoms with E-state index >= 15 is 0 Å². The average Bonchev–Trinajstić information content (AvgIpc) is 2.83. The smallest absolute Gasteiger partial charge is 0.352 e. The molecule has 0 unspecified atom stereocenters. The van der Waals surface area contributed by atoms with Gasteiger partial charge in [0.05, 0.1) is 17.1 Å². The summed E-state index contributed by atoms with van der Waals surface area (Å²) < 4.78 is 11.1. The van der Waals surface area contributed by atoms with Gasteiger partial charge in [-0.3, -0.25) is 14.9 Å². The number of carbonyl (C=O) groups is 2. The van der Waals surface area contributed by atoms with E-state index in [9.17, 15) is 24.8 Å². The summed E-state index contributed by atoms with van der Waals surface area (Å²) in [6, 6.07) is 17.0. The number of non-ortho nitro benzene ring substituents is 1. The van der Waals surface area contributed by atoms with Crippen molar-refractivity contribution in [1.82, 2.24) is 5.32 Å². The lowest BCUT2D eigenvalue weighted by atomic mass is 10.1. The van der Waals surface area contributed by atoms with Crippen LogP contribution in [0.5, 0.6) is 11.5 Å². The number of amides is 1. The summed E-state index contributed by atoms with van der Waals surface area (Å²) in [5.74, 6) is -1.46. The minimum Gasteiger partial charge on any atom is -0.493 e. The fourth-order valence-electron chi connectivity index (χ4n) is 2.93. The molecule has 0 bridgehead atoms. The molecule has 0 radical (unpaired) electrons. The van der Waals surface area contributed by atoms with Crippen LogP contribution in [0.1, 0.15) is 21.5 Å². The lowest BCUT2D eigenvalue weighted by molar-refractivity contribution is -0.384. The number of rotatable bonds is 9. The number of carbonyl (C=O) groups excluding carboxylic acids is 1. The number of nitro benzene ring substituents is 1. The molecule has 3 aromatic carbocycles. The van der Waals surface area contributed by atoms with Crippen LogP contribution in [0.15, 0.2) is 72.4 Å². The van der Waals surface area contributed by atoms with Gasteiger partial charge in [0.1, 0.15) is 12.3 Å². The number of hydrogen-bond donors (Lipinski definition) is 2. The van der Waals surface area contributed by atoms with Gasteiger partial charge < -0.3 is 19.9 Å². The summed E-state index contributed by atoms with van der Waals surface area (Å²) in [5.41, 5.74) is 0.940. The molecule has 0 spiro atoms. The number of ether oxygens (including phenoxy) is 2. The van der Waals surface area contributed by atoms with Crippen LogP contribution >= 0.6 is 11.6 Å². The van der Waals surface area contributed by atoms with Gasteiger partial charge in [0, 0.05) is 17.7 Å². The van der Waals surface area contributed by atoms with Crippen LogP contribution in [0.3, 0.4) is 0 Å². The topological polar surface area (TPSA) is 128 Å². The Labute approximate surface area is 199 Å². The molecule has 0 aliphatic rings. The molecule has 0 aliphatic heterocycles. The number of carboxylic acid groups (broad SMARTS) is 1. The van der Waals surface area contributed by atoms with Gasteiger partial charge >= 0.3 is 5.97 Å². The number of nitro groups is 1. The van der Waals surface area contributed by atoms with Crippen molar-refractivity contribution in [3.8, 4) is 11.5 Å². The van der Waals surface area contributed by atoms with Gasteiger partial charge in [0.15, 0.2) is 11.5 Å². The van der Waals surface area contributed by atoms with Gasteiger partial charge in [0.2, 0.25) is 0 Å². The molecule has 9 nitrogen and oxygen atoms in total. The highest BCUT2D eigenvalue weighted by atomic mass is 35.5. The molecule has 0 heterocycles. The number of nitrogens with zero attached hydrogens (tertiary/aromatic N) is 1. The monoisotopic (exact) mass is 482 g/mol. The minimum absolute atomic E-state index is 0.0379. The molecule has 3 rings (SSSR count). The first-order valence-corrected chi connectivity index (χ1v) is 10.2. The van der Waals surface area contributed by atoms with E-state index in [4.69, 9.17) is 21.1 Å². The summed E-state index contributed by atoms with van der Waals surface area (Å²) in [7, 11) is 1.40. The van der Waals surface area contributed by atoms with Gasteiger partial charge in [-0.1, -0.05) is 29.8 Å². The summed E-state index contributed by atoms with van der Waals surface area (Å²) >= 11 is 6.35. The van der Waals surface area contributed by atoms with Crippen LogP contribution in [0.4, 0.5) is 5.69 Å². The second-order valence-corrected chi connectivity index (χ2v) is 7.34. The fraction of sp³-hybridized carbons (Fsp3) is 0.0833. The molecule has 0 aromatic heterocycles. The molecular formula is C24H19ClN2O7. The van der Waals surface area contributed by atoms with Gasteiger partial charge in [0.25, 0.3) is 11.6 Å². The van der Waals surface area contributed by atoms with E-state index in [1.165, 1.54) is 37.5 Å². The van der Waals surface area contributed by atoms with Gasteiger partial charge in [-0.15, -0.1) is 0 Å². The van der Waals surface area contributed by atoms with Crippen molar-refractivity contribution in [2.24, 2.45) is 0 Å². The molecule has 1 amide bonds. The molecule has 0 saturated carbocycles. The summed E-state index contributed by atoms with van der Waals surface area (Å²) in [5, 5.41) is 22.8. The number of nitrogens with one attached hydrogen (secondary N) is 1. The Hall–Kier alpha value is -4.37. The third-order valence-corrected chi connectivity index (χ3v) is 4.89. The molecule has 0 aliphatic carbocycles. The highest BCUT2D eigenvalue weighted by Gasteiger charge is 2.16. The summed E-state index contributed by atoms with van der Waals surface area (Å²) in [6.07, 6.45) is 1.25. The highest BCUT2D eigenvalue weighted by molar-refractivity contribution is 6.32. The van der Waals surface area contributed by atoms with Crippen molar-refractivity contribution in [2.45, 2.75) is 6.61 Å². The van der Waals surface area contributed by atoms with Gasteiger partial charge in [-0.05, 0) is 53.6 Å². The maximum atomic E-state index is 12.3. The second kappa shape index (κ2) is 11.0. The molecule has 34 heavy (non-hydrogen) atoms. The van der Waals surface area contributed by atoms with Crippen LogP contribution in [0, 0.1) is 10.1 Å². The van der Waals surface area contributed by atoms with Crippen molar-refractivity contribution < 1.29 is 29.1 Å². The van der Waals surface area contributed by atoms with E-state index in [1.807, 2.05) is 0 Å². The number of methoxy groups -OCH3 is 1. The number of hydrogen-bond acceptors (Lipinski definition) is 6. The molecular weight excluding hydrogens is 464 g/mol. The Bertz CT molecular complexity index is 1240. The Morgan fingerprint density at radius 1 is 1.12 bits per heavy atom. The second-order valence-electron chi connectivity index (χ2n) is 6.93. The first-order valence-electron chi connectivity index (χ1n) is 9.83. The summed E-state index contributed by atoms with van der Waals surface area (Å²) in [6.45, 7) is 0.0662. The molecule has 3 aromatic rings. The van der Waals surface area contributed by atoms with E-state index in [0.29, 0.717) is 16.7 Å². The SMILES string of the molecule is COc1cc(C=C(NC(=O)c2ccccc2)C(=O)O)cc(Cl)c1OCc1ccc([N+](=O)[O-])cc1. The maximum absolute atomic E-state index is 12.3. The normalized spacial score (nSPS) is 10.9. The van der Waals surface area contributed by atoms with E-state index in [-0.39, 0.29) is 34.5 Å². The minimum atomic E-state index is -1.34. The number of carboxylic acids is 1. The Morgan fingerprint density at radius 3 is 2.38 bits per heavy atom. The van der Waals surface area contributed by atoms with E-state index in [0.717, 1.165) is 0 Å². The molecule has 0 fully saturated rings. The molecule has 174 valence electrons. The predicted molar refractivity (Wildman–Crippen MR) is 125 cm³/mol. The van der Waals surface area contributed by atoms with Crippen molar-refractivity contribution in [1.29, 1.82) is 0 Å². The lowest BCUT2D eigenvalue weighted by Gasteiger charge is -2.14. The van der Waals surface area contributed by atoms with Crippen LogP contribution in [-0.4, -0.2) is 29.0 Å². The Kier molecular flexibility index (Phi) is 7.83. The van der Waals surface area contributed by atoms with Crippen LogP contribution in [0.2, 0.25) is 5.02 Å². The first-order chi connectivity index (χ1) is 16.3. The van der Waals surface area contributed by atoms with Crippen molar-refractivity contribution >= 4 is 35.2 Å². The highest BCUT2D eigenvalue weighted by Crippen LogP contribution is 2.37. The van der Waals surface area contributed by atoms with Crippen molar-refractivity contribution in [3.63, 3.8) is 0 Å². The van der Waals surface area contributed by atoms with Crippen molar-refractivity contribution in [2.75, 3.05) is 7.11 Å². The lowest BCUT2D eigenvalue weighted by Crippen LogP contribution is -2.27. The van der Waals surface area contributed by atoms with Crippen LogP contribution in [-0.2, 0) is 11.4 Å². The molecule has 0 atom stereocenters. The molecule has 0 saturated heterocycles. The number of halogens is 1. The van der Waals surface area contributed by atoms with E-state index in [2.05, 4.69) is 5.32 Å². The number of aliphatic carboxylic acids is 1. The van der Waals surface area contributed by atoms with Crippen molar-refractivity contribution in [3.05, 3.63) is 104 Å². The zero-order chi connectivity index (χ0) is 24.7. The standard InChI is InChI=1S/C24H19ClN2O7/c1-33-21-13-16(12-20(24(29)30)26-23(28)17-5-3-2-4-6-17)11-19(25)22(21)34-14-15-7-9-18(10-8-15)27(31)32/h2-13H,14H2,1H3,(H,26,28)(H,29,30). The predicted octanol–water partition coefficient (Wildman–Crippen LogP) is 4.69. The fourth-order valence-corrected chi connectivity index (χ4v) is 3.21. The summed E-state index contributed by atoms with van der Waals surface area (Å²) in [4.78, 5) is 34.3. The third-order valence-electron chi connectivity index (χ3n) is 4.61. The quantitative estimate of drug-likeness (QED) is 0.257. The van der Waals surface area contributed by atoms with Crippen LogP contribution < -0.4 is 14.8 Å².